The van der Waals surface area contributed by atoms with E-state index in [1.807, 2.05) is 19.1 Å². The third-order valence-corrected chi connectivity index (χ3v) is 2.86. The first-order valence-corrected chi connectivity index (χ1v) is 6.04. The van der Waals surface area contributed by atoms with Gasteiger partial charge in [-0.1, -0.05) is 19.1 Å². The Hall–Kier alpha value is -1.75. The molecule has 1 aliphatic rings. The van der Waals surface area contributed by atoms with E-state index in [1.165, 1.54) is 0 Å². The number of hydrogen-bond donors (Lipinski definition) is 2. The summed E-state index contributed by atoms with van der Waals surface area (Å²) in [5.41, 5.74) is 0. The highest BCUT2D eigenvalue weighted by atomic mass is 16.6. The summed E-state index contributed by atoms with van der Waals surface area (Å²) in [5.74, 6) is 0.960. The molecular formula is C13H17NO4. The molecule has 1 unspecified atom stereocenters. The molecule has 0 aliphatic carbocycles. The van der Waals surface area contributed by atoms with E-state index in [0.717, 1.165) is 0 Å². The molecule has 98 valence electrons. The SMILES string of the molecule is CC[C@@H](CO)NC(=O)C1COc2ccccc2O1. The fourth-order valence-electron chi connectivity index (χ4n) is 1.72. The number of carbonyl (C=O) groups is 1. The van der Waals surface area contributed by atoms with E-state index in [4.69, 9.17) is 14.6 Å². The Labute approximate surface area is 106 Å². The van der Waals surface area contributed by atoms with E-state index in [-0.39, 0.29) is 25.2 Å². The molecule has 0 radical (unpaired) electrons. The summed E-state index contributed by atoms with van der Waals surface area (Å²) in [4.78, 5) is 11.9. The summed E-state index contributed by atoms with van der Waals surface area (Å²) in [6.45, 7) is 2.01. The van der Waals surface area contributed by atoms with Crippen LogP contribution in [0.1, 0.15) is 13.3 Å². The van der Waals surface area contributed by atoms with Gasteiger partial charge >= 0.3 is 0 Å². The van der Waals surface area contributed by atoms with Gasteiger partial charge in [0.05, 0.1) is 12.6 Å². The first kappa shape index (κ1) is 12.7. The van der Waals surface area contributed by atoms with Crippen molar-refractivity contribution in [1.82, 2.24) is 5.32 Å². The second kappa shape index (κ2) is 5.73. The average Bonchev–Trinajstić information content (AvgIpc) is 2.44. The second-order valence-corrected chi connectivity index (χ2v) is 4.16. The summed E-state index contributed by atoms with van der Waals surface area (Å²) < 4.78 is 11.0. The predicted molar refractivity (Wildman–Crippen MR) is 65.7 cm³/mol. The molecule has 5 heteroatoms. The summed E-state index contributed by atoms with van der Waals surface area (Å²) in [5, 5.41) is 11.8. The molecule has 1 aliphatic heterocycles. The van der Waals surface area contributed by atoms with Crippen molar-refractivity contribution in [3.05, 3.63) is 24.3 Å². The Morgan fingerprint density at radius 3 is 2.89 bits per heavy atom. The molecule has 1 aromatic carbocycles. The van der Waals surface area contributed by atoms with Gasteiger partial charge in [-0.3, -0.25) is 4.79 Å². The van der Waals surface area contributed by atoms with Gasteiger partial charge in [0, 0.05) is 0 Å². The smallest absolute Gasteiger partial charge is 0.264 e. The zero-order valence-electron chi connectivity index (χ0n) is 10.3. The Morgan fingerprint density at radius 1 is 1.50 bits per heavy atom. The number of ether oxygens (including phenoxy) is 2. The summed E-state index contributed by atoms with van der Waals surface area (Å²) in [7, 11) is 0. The Bertz CT molecular complexity index is 417. The van der Waals surface area contributed by atoms with Gasteiger partial charge in [0.15, 0.2) is 11.5 Å². The van der Waals surface area contributed by atoms with Gasteiger partial charge in [0.1, 0.15) is 6.61 Å². The maximum atomic E-state index is 11.9. The van der Waals surface area contributed by atoms with Gasteiger partial charge in [0.2, 0.25) is 6.10 Å². The Kier molecular flexibility index (Phi) is 4.04. The number of amides is 1. The van der Waals surface area contributed by atoms with Crippen LogP contribution < -0.4 is 14.8 Å². The number of aliphatic hydroxyl groups excluding tert-OH is 1. The van der Waals surface area contributed by atoms with Crippen molar-refractivity contribution in [2.24, 2.45) is 0 Å². The number of aliphatic hydroxyl groups is 1. The first-order valence-electron chi connectivity index (χ1n) is 6.04. The van der Waals surface area contributed by atoms with Crippen LogP contribution in [0, 0.1) is 0 Å². The summed E-state index contributed by atoms with van der Waals surface area (Å²) >= 11 is 0. The predicted octanol–water partition coefficient (Wildman–Crippen LogP) is 0.713. The van der Waals surface area contributed by atoms with Crippen LogP contribution in [0.2, 0.25) is 0 Å². The molecule has 0 fully saturated rings. The van der Waals surface area contributed by atoms with E-state index in [9.17, 15) is 4.79 Å². The van der Waals surface area contributed by atoms with Crippen molar-refractivity contribution < 1.29 is 19.4 Å². The van der Waals surface area contributed by atoms with Crippen molar-refractivity contribution in [1.29, 1.82) is 0 Å². The molecule has 1 aromatic rings. The number of rotatable bonds is 4. The van der Waals surface area contributed by atoms with Gasteiger partial charge in [-0.15, -0.1) is 0 Å². The van der Waals surface area contributed by atoms with Crippen molar-refractivity contribution in [3.63, 3.8) is 0 Å². The second-order valence-electron chi connectivity index (χ2n) is 4.16. The van der Waals surface area contributed by atoms with Gasteiger partial charge in [-0.05, 0) is 18.6 Å². The zero-order valence-corrected chi connectivity index (χ0v) is 10.3. The number of para-hydroxylation sites is 2. The van der Waals surface area contributed by atoms with Crippen molar-refractivity contribution in [3.8, 4) is 11.5 Å². The van der Waals surface area contributed by atoms with Crippen LogP contribution in [-0.4, -0.2) is 36.4 Å². The highest BCUT2D eigenvalue weighted by Crippen LogP contribution is 2.30. The van der Waals surface area contributed by atoms with Crippen LogP contribution in [0.5, 0.6) is 11.5 Å². The highest BCUT2D eigenvalue weighted by Gasteiger charge is 2.28. The number of fused-ring (bicyclic) bond motifs is 1. The minimum atomic E-state index is -0.666. The maximum Gasteiger partial charge on any atom is 0.264 e. The lowest BCUT2D eigenvalue weighted by molar-refractivity contribution is -0.131. The Balaban J connectivity index is 1.98. The number of hydrogen-bond acceptors (Lipinski definition) is 4. The lowest BCUT2D eigenvalue weighted by atomic mass is 10.2. The lowest BCUT2D eigenvalue weighted by Gasteiger charge is -2.26. The fraction of sp³-hybridized carbons (Fsp3) is 0.462. The average molecular weight is 251 g/mol. The molecule has 0 saturated heterocycles. The largest absolute Gasteiger partial charge is 0.485 e. The fourth-order valence-corrected chi connectivity index (χ4v) is 1.72. The lowest BCUT2D eigenvalue weighted by Crippen LogP contribution is -2.48. The van der Waals surface area contributed by atoms with Crippen LogP contribution in [0.3, 0.4) is 0 Å². The van der Waals surface area contributed by atoms with Crippen LogP contribution in [0.25, 0.3) is 0 Å². The molecule has 0 saturated carbocycles. The molecule has 0 aromatic heterocycles. The maximum absolute atomic E-state index is 11.9. The Morgan fingerprint density at radius 2 is 2.22 bits per heavy atom. The van der Waals surface area contributed by atoms with Crippen LogP contribution >= 0.6 is 0 Å². The van der Waals surface area contributed by atoms with Gasteiger partial charge < -0.3 is 19.9 Å². The van der Waals surface area contributed by atoms with Crippen molar-refractivity contribution in [2.45, 2.75) is 25.5 Å². The molecular weight excluding hydrogens is 234 g/mol. The molecule has 2 N–H and O–H groups in total. The zero-order chi connectivity index (χ0) is 13.0. The highest BCUT2D eigenvalue weighted by molar-refractivity contribution is 5.82. The monoisotopic (exact) mass is 251 g/mol. The molecule has 2 rings (SSSR count). The van der Waals surface area contributed by atoms with Gasteiger partial charge in [-0.25, -0.2) is 0 Å². The molecule has 5 nitrogen and oxygen atoms in total. The van der Waals surface area contributed by atoms with Gasteiger partial charge in [0.25, 0.3) is 5.91 Å². The molecule has 2 atom stereocenters. The molecule has 1 heterocycles. The van der Waals surface area contributed by atoms with Crippen LogP contribution in [0.15, 0.2) is 24.3 Å². The molecule has 1 amide bonds. The topological polar surface area (TPSA) is 67.8 Å². The van der Waals surface area contributed by atoms with Crippen LogP contribution in [0.4, 0.5) is 0 Å². The number of carbonyl (C=O) groups excluding carboxylic acids is 1. The normalized spacial score (nSPS) is 19.1. The van der Waals surface area contributed by atoms with Gasteiger partial charge in [-0.2, -0.15) is 0 Å². The van der Waals surface area contributed by atoms with E-state index in [1.54, 1.807) is 12.1 Å². The number of nitrogens with one attached hydrogen (secondary N) is 1. The van der Waals surface area contributed by atoms with Crippen LogP contribution in [-0.2, 0) is 4.79 Å². The van der Waals surface area contributed by atoms with E-state index >= 15 is 0 Å². The standard InChI is InChI=1S/C13H17NO4/c1-2-9(7-15)14-13(16)12-8-17-10-5-3-4-6-11(10)18-12/h3-6,9,12,15H,2,7-8H2,1H3,(H,14,16)/t9-,12?/m0/s1. The van der Waals surface area contributed by atoms with Crippen molar-refractivity contribution in [2.75, 3.05) is 13.2 Å². The van der Waals surface area contributed by atoms with E-state index in [0.29, 0.717) is 17.9 Å². The summed E-state index contributed by atoms with van der Waals surface area (Å²) in [6, 6.07) is 7.00. The minimum Gasteiger partial charge on any atom is -0.485 e. The molecule has 0 spiro atoms. The first-order chi connectivity index (χ1) is 8.74. The number of benzene rings is 1. The van der Waals surface area contributed by atoms with E-state index < -0.39 is 6.10 Å². The molecule has 0 bridgehead atoms. The quantitative estimate of drug-likeness (QED) is 0.827. The molecule has 18 heavy (non-hydrogen) atoms. The van der Waals surface area contributed by atoms with E-state index in [2.05, 4.69) is 5.32 Å². The third kappa shape index (κ3) is 2.73. The van der Waals surface area contributed by atoms with Crippen molar-refractivity contribution >= 4 is 5.91 Å². The minimum absolute atomic E-state index is 0.0770. The third-order valence-electron chi connectivity index (χ3n) is 2.86. The summed E-state index contributed by atoms with van der Waals surface area (Å²) in [6.07, 6.45) is 0.00682.